The Bertz CT molecular complexity index is 2940. The van der Waals surface area contributed by atoms with Crippen LogP contribution in [0.15, 0.2) is 162 Å². The van der Waals surface area contributed by atoms with E-state index in [1.54, 1.807) is 0 Å². The molecular weight excluding hydrogens is 667 g/mol. The fourth-order valence-electron chi connectivity index (χ4n) is 9.32. The molecule has 0 N–H and O–H groups in total. The molecule has 262 valence electrons. The van der Waals surface area contributed by atoms with Crippen LogP contribution in [0.5, 0.6) is 0 Å². The minimum Gasteiger partial charge on any atom is -0.456 e. The summed E-state index contributed by atoms with van der Waals surface area (Å²) in [7, 11) is 0. The predicted octanol–water partition coefficient (Wildman–Crippen LogP) is 12.8. The predicted molar refractivity (Wildman–Crippen MR) is 230 cm³/mol. The van der Waals surface area contributed by atoms with Crippen molar-refractivity contribution in [2.45, 2.75) is 32.1 Å². The van der Waals surface area contributed by atoms with Gasteiger partial charge in [-0.3, -0.25) is 0 Å². The number of fused-ring (bicyclic) bond motifs is 8. The van der Waals surface area contributed by atoms with Crippen molar-refractivity contribution in [2.24, 2.45) is 0 Å². The molecule has 2 aliphatic carbocycles. The maximum Gasteiger partial charge on any atom is 0.138 e. The quantitative estimate of drug-likeness (QED) is 0.181. The highest BCUT2D eigenvalue weighted by atomic mass is 16.3. The number of rotatable bonds is 4. The Morgan fingerprint density at radius 2 is 1.20 bits per heavy atom. The van der Waals surface area contributed by atoms with Crippen LogP contribution in [0.2, 0.25) is 0 Å². The zero-order valence-corrected chi connectivity index (χ0v) is 31.0. The number of benzene rings is 7. The average molecular weight is 706 g/mol. The highest BCUT2D eigenvalue weighted by Crippen LogP contribution is 2.53. The van der Waals surface area contributed by atoms with E-state index in [-0.39, 0.29) is 5.41 Å². The minimum atomic E-state index is -0.0986. The normalized spacial score (nSPS) is 14.7. The summed E-state index contributed by atoms with van der Waals surface area (Å²) in [5.41, 5.74) is 20.4. The van der Waals surface area contributed by atoms with Crippen LogP contribution in [0.3, 0.4) is 0 Å². The van der Waals surface area contributed by atoms with Crippen LogP contribution in [-0.4, -0.2) is 0 Å². The molecule has 0 bridgehead atoms. The smallest absolute Gasteiger partial charge is 0.138 e. The molecule has 1 aromatic heterocycles. The molecule has 0 amide bonds. The Labute approximate surface area is 321 Å². The lowest BCUT2D eigenvalue weighted by molar-refractivity contribution is 0.568. The lowest BCUT2D eigenvalue weighted by Gasteiger charge is -2.30. The molecule has 8 aromatic rings. The number of nitrogens with zero attached hydrogens (tertiary/aromatic N) is 1. The molecule has 55 heavy (non-hydrogen) atoms. The minimum absolute atomic E-state index is 0.0986. The third-order valence-corrected chi connectivity index (χ3v) is 12.1. The molecule has 11 rings (SSSR count). The van der Waals surface area contributed by atoms with Crippen LogP contribution in [-0.2, 0) is 5.41 Å². The summed E-state index contributed by atoms with van der Waals surface area (Å²) in [6.45, 7) is 4.73. The maximum atomic E-state index is 6.57. The zero-order valence-electron chi connectivity index (χ0n) is 31.0. The molecular formula is C53H39NO. The van der Waals surface area contributed by atoms with Crippen molar-refractivity contribution in [1.82, 2.24) is 0 Å². The second-order valence-corrected chi connectivity index (χ2v) is 15.6. The molecule has 7 aromatic carbocycles. The van der Waals surface area contributed by atoms with Crippen LogP contribution >= 0.6 is 0 Å². The Balaban J connectivity index is 1.17. The van der Waals surface area contributed by atoms with Gasteiger partial charge in [-0.1, -0.05) is 141 Å². The van der Waals surface area contributed by atoms with Gasteiger partial charge >= 0.3 is 0 Å². The van der Waals surface area contributed by atoms with Crippen LogP contribution in [0.25, 0.3) is 68.2 Å². The third-order valence-electron chi connectivity index (χ3n) is 12.1. The van der Waals surface area contributed by atoms with E-state index in [9.17, 15) is 0 Å². The number of hydrogen-bond donors (Lipinski definition) is 0. The lowest BCUT2D eigenvalue weighted by Crippen LogP contribution is -2.26. The van der Waals surface area contributed by atoms with E-state index in [4.69, 9.17) is 4.42 Å². The van der Waals surface area contributed by atoms with Crippen LogP contribution in [0.4, 0.5) is 17.1 Å². The van der Waals surface area contributed by atoms with E-state index >= 15 is 0 Å². The molecule has 0 saturated carbocycles. The number of anilines is 3. The van der Waals surface area contributed by atoms with Gasteiger partial charge in [-0.15, -0.1) is 0 Å². The SMILES string of the molecule is CC1(C)c2ccccc2-c2cc3c(cc21)C=Cc1cc(C2=c4oc5ccccc5c4=CCC2)ccc1N3c1cc(-c2ccccc2)cc(-c2ccccc2)c1. The third kappa shape index (κ3) is 5.02. The standard InChI is InChI=1S/C53H39NO/c1-53(2)47-22-11-9-18-43(47)46-33-50-38(32-48(46)53)25-24-37-28-36(42-20-13-21-45-44-19-10-12-23-51(44)55-52(42)45)26-27-49(37)54(50)41-30-39(34-14-5-3-6-15-34)29-40(31-41)35-16-7-4-8-17-35/h3-12,14-19,21-33H,13,20H2,1-2H3. The van der Waals surface area contributed by atoms with Crippen LogP contribution in [0, 0.1) is 0 Å². The Kier molecular flexibility index (Phi) is 7.06. The summed E-state index contributed by atoms with van der Waals surface area (Å²) in [5.74, 6) is 0. The fraction of sp³-hybridized carbons (Fsp3) is 0.0943. The first-order chi connectivity index (χ1) is 27.0. The maximum absolute atomic E-state index is 6.57. The van der Waals surface area contributed by atoms with E-state index in [1.165, 1.54) is 83.1 Å². The molecule has 0 unspecified atom stereocenters. The van der Waals surface area contributed by atoms with Gasteiger partial charge in [0.05, 0.1) is 11.4 Å². The molecule has 0 atom stereocenters. The lowest BCUT2D eigenvalue weighted by atomic mass is 9.82. The summed E-state index contributed by atoms with van der Waals surface area (Å²) < 4.78 is 6.57. The van der Waals surface area contributed by atoms with Gasteiger partial charge < -0.3 is 9.32 Å². The Morgan fingerprint density at radius 1 is 0.527 bits per heavy atom. The highest BCUT2D eigenvalue weighted by Gasteiger charge is 2.37. The van der Waals surface area contributed by atoms with Gasteiger partial charge in [-0.05, 0) is 123 Å². The molecule has 3 aliphatic rings. The largest absolute Gasteiger partial charge is 0.456 e. The second kappa shape index (κ2) is 12.2. The molecule has 0 fully saturated rings. The van der Waals surface area contributed by atoms with Gasteiger partial charge in [0.25, 0.3) is 0 Å². The van der Waals surface area contributed by atoms with Gasteiger partial charge in [-0.2, -0.15) is 0 Å². The molecule has 0 radical (unpaired) electrons. The summed E-state index contributed by atoms with van der Waals surface area (Å²) in [6.07, 6.45) is 8.94. The van der Waals surface area contributed by atoms with E-state index < -0.39 is 0 Å². The molecule has 1 aliphatic heterocycles. The van der Waals surface area contributed by atoms with Crippen molar-refractivity contribution in [1.29, 1.82) is 0 Å². The van der Waals surface area contributed by atoms with Crippen molar-refractivity contribution < 1.29 is 4.42 Å². The van der Waals surface area contributed by atoms with E-state index in [0.717, 1.165) is 35.2 Å². The van der Waals surface area contributed by atoms with E-state index in [1.807, 2.05) is 0 Å². The Hall–Kier alpha value is -6.64. The van der Waals surface area contributed by atoms with Crippen molar-refractivity contribution >= 4 is 51.8 Å². The number of hydrogen-bond acceptors (Lipinski definition) is 2. The summed E-state index contributed by atoms with van der Waals surface area (Å²) >= 11 is 0. The van der Waals surface area contributed by atoms with Crippen molar-refractivity contribution in [2.75, 3.05) is 4.90 Å². The van der Waals surface area contributed by atoms with E-state index in [0.29, 0.717) is 0 Å². The first kappa shape index (κ1) is 31.8. The number of furan rings is 1. The van der Waals surface area contributed by atoms with Crippen molar-refractivity contribution in [3.8, 4) is 33.4 Å². The van der Waals surface area contributed by atoms with Gasteiger partial charge in [0.15, 0.2) is 0 Å². The molecule has 0 saturated heterocycles. The average Bonchev–Trinajstić information content (AvgIpc) is 3.66. The molecule has 0 spiro atoms. The highest BCUT2D eigenvalue weighted by molar-refractivity contribution is 5.99. The summed E-state index contributed by atoms with van der Waals surface area (Å²) in [4.78, 5) is 2.51. The van der Waals surface area contributed by atoms with Gasteiger partial charge in [0.1, 0.15) is 11.0 Å². The molecule has 2 heteroatoms. The van der Waals surface area contributed by atoms with Crippen molar-refractivity contribution in [3.63, 3.8) is 0 Å². The van der Waals surface area contributed by atoms with Gasteiger partial charge in [-0.25, -0.2) is 0 Å². The number of para-hydroxylation sites is 1. The topological polar surface area (TPSA) is 16.4 Å². The van der Waals surface area contributed by atoms with Crippen LogP contribution < -0.4 is 15.5 Å². The monoisotopic (exact) mass is 705 g/mol. The van der Waals surface area contributed by atoms with E-state index in [2.05, 4.69) is 195 Å². The second-order valence-electron chi connectivity index (χ2n) is 15.6. The molecule has 2 nitrogen and oxygen atoms in total. The van der Waals surface area contributed by atoms with Crippen LogP contribution in [0.1, 0.15) is 54.5 Å². The Morgan fingerprint density at radius 3 is 1.96 bits per heavy atom. The fourth-order valence-corrected chi connectivity index (χ4v) is 9.32. The first-order valence-corrected chi connectivity index (χ1v) is 19.4. The molecule has 2 heterocycles. The zero-order chi connectivity index (χ0) is 36.7. The summed E-state index contributed by atoms with van der Waals surface area (Å²) in [5, 5.41) is 2.41. The van der Waals surface area contributed by atoms with Crippen molar-refractivity contribution in [3.05, 3.63) is 196 Å². The summed E-state index contributed by atoms with van der Waals surface area (Å²) in [6, 6.07) is 57.9. The first-order valence-electron chi connectivity index (χ1n) is 19.4. The van der Waals surface area contributed by atoms with Gasteiger partial charge in [0.2, 0.25) is 0 Å². The van der Waals surface area contributed by atoms with Gasteiger partial charge in [0, 0.05) is 27.3 Å².